The number of anilines is 1. The van der Waals surface area contributed by atoms with Gasteiger partial charge in [-0.2, -0.15) is 0 Å². The summed E-state index contributed by atoms with van der Waals surface area (Å²) in [4.78, 5) is 24.4. The van der Waals surface area contributed by atoms with E-state index >= 15 is 0 Å². The summed E-state index contributed by atoms with van der Waals surface area (Å²) >= 11 is 0. The molecule has 8 heteroatoms. The van der Waals surface area contributed by atoms with Gasteiger partial charge < -0.3 is 9.47 Å². The summed E-state index contributed by atoms with van der Waals surface area (Å²) in [5.41, 5.74) is 2.48. The van der Waals surface area contributed by atoms with Crippen LogP contribution in [0.2, 0.25) is 0 Å². The van der Waals surface area contributed by atoms with Gasteiger partial charge in [-0.1, -0.05) is 19.9 Å². The van der Waals surface area contributed by atoms with Crippen LogP contribution in [0.3, 0.4) is 0 Å². The molecule has 0 heterocycles. The highest BCUT2D eigenvalue weighted by Gasteiger charge is 2.21. The van der Waals surface area contributed by atoms with Crippen LogP contribution < -0.4 is 26.2 Å². The molecule has 0 aromatic heterocycles. The minimum Gasteiger partial charge on any atom is -0.496 e. The van der Waals surface area contributed by atoms with Crippen LogP contribution in [-0.4, -0.2) is 31.0 Å². The first kappa shape index (κ1) is 22.2. The van der Waals surface area contributed by atoms with Crippen molar-refractivity contribution >= 4 is 17.5 Å². The first-order chi connectivity index (χ1) is 13.7. The summed E-state index contributed by atoms with van der Waals surface area (Å²) in [5.74, 6) is 12.6. The fraction of sp³-hybridized carbons (Fsp3) is 0.333. The standard InChI is InChI=1S/C21H28N4O4/c1-13(2)20(26)15-9-10-18(14(3)11-15)29-12-16-17(7-6-8-19(16)28-5)25(23)21(27)24(4)22/h6-11,13H,12,22-23H2,1-5H3. The normalized spacial score (nSPS) is 10.6. The second-order valence-electron chi connectivity index (χ2n) is 7.01. The van der Waals surface area contributed by atoms with E-state index in [-0.39, 0.29) is 18.3 Å². The average Bonchev–Trinajstić information content (AvgIpc) is 2.70. The Morgan fingerprint density at radius 1 is 1.10 bits per heavy atom. The molecule has 0 radical (unpaired) electrons. The molecule has 0 unspecified atom stereocenters. The third-order valence-electron chi connectivity index (χ3n) is 4.45. The fourth-order valence-electron chi connectivity index (χ4n) is 2.84. The van der Waals surface area contributed by atoms with E-state index in [2.05, 4.69) is 0 Å². The van der Waals surface area contributed by atoms with E-state index in [1.165, 1.54) is 14.2 Å². The molecular formula is C21H28N4O4. The molecule has 156 valence electrons. The van der Waals surface area contributed by atoms with Crippen molar-refractivity contribution in [2.24, 2.45) is 17.6 Å². The molecule has 0 bridgehead atoms. The number of carbonyl (C=O) groups is 2. The number of nitrogens with zero attached hydrogens (tertiary/aromatic N) is 2. The third-order valence-corrected chi connectivity index (χ3v) is 4.45. The van der Waals surface area contributed by atoms with Gasteiger partial charge in [-0.25, -0.2) is 21.5 Å². The summed E-state index contributed by atoms with van der Waals surface area (Å²) < 4.78 is 11.4. The van der Waals surface area contributed by atoms with Crippen LogP contribution >= 0.6 is 0 Å². The highest BCUT2D eigenvalue weighted by molar-refractivity contribution is 5.97. The van der Waals surface area contributed by atoms with Crippen molar-refractivity contribution in [3.8, 4) is 11.5 Å². The third kappa shape index (κ3) is 5.04. The molecule has 4 N–H and O–H groups in total. The van der Waals surface area contributed by atoms with Crippen LogP contribution in [0.5, 0.6) is 11.5 Å². The summed E-state index contributed by atoms with van der Waals surface area (Å²) in [7, 11) is 2.93. The molecular weight excluding hydrogens is 372 g/mol. The van der Waals surface area contributed by atoms with Crippen molar-refractivity contribution in [3.05, 3.63) is 53.1 Å². The molecule has 2 aromatic rings. The van der Waals surface area contributed by atoms with E-state index in [4.69, 9.17) is 21.2 Å². The monoisotopic (exact) mass is 400 g/mol. The lowest BCUT2D eigenvalue weighted by atomic mass is 9.99. The number of benzene rings is 2. The Morgan fingerprint density at radius 3 is 2.34 bits per heavy atom. The fourth-order valence-corrected chi connectivity index (χ4v) is 2.84. The van der Waals surface area contributed by atoms with Crippen LogP contribution in [0.25, 0.3) is 0 Å². The number of ketones is 1. The van der Waals surface area contributed by atoms with Gasteiger partial charge in [0.25, 0.3) is 0 Å². The molecule has 2 aromatic carbocycles. The van der Waals surface area contributed by atoms with Gasteiger partial charge in [0.1, 0.15) is 18.1 Å². The van der Waals surface area contributed by atoms with Crippen molar-refractivity contribution in [3.63, 3.8) is 0 Å². The van der Waals surface area contributed by atoms with Crippen LogP contribution in [0.15, 0.2) is 36.4 Å². The number of rotatable bonds is 7. The van der Waals surface area contributed by atoms with Crippen molar-refractivity contribution in [1.29, 1.82) is 0 Å². The van der Waals surface area contributed by atoms with Crippen LogP contribution in [0, 0.1) is 12.8 Å². The zero-order valence-corrected chi connectivity index (χ0v) is 17.4. The molecule has 0 spiro atoms. The lowest BCUT2D eigenvalue weighted by molar-refractivity contribution is 0.0939. The zero-order valence-electron chi connectivity index (χ0n) is 17.4. The summed E-state index contributed by atoms with van der Waals surface area (Å²) in [6.45, 7) is 5.71. The van der Waals surface area contributed by atoms with E-state index in [9.17, 15) is 9.59 Å². The molecule has 2 amide bonds. The van der Waals surface area contributed by atoms with Crippen LogP contribution in [-0.2, 0) is 6.61 Å². The minimum atomic E-state index is -0.591. The number of hydrazine groups is 2. The maximum Gasteiger partial charge on any atom is 0.352 e. The highest BCUT2D eigenvalue weighted by Crippen LogP contribution is 2.31. The second kappa shape index (κ2) is 9.40. The van der Waals surface area contributed by atoms with Gasteiger partial charge in [0.05, 0.1) is 18.4 Å². The smallest absolute Gasteiger partial charge is 0.352 e. The molecule has 0 aliphatic carbocycles. The Kier molecular flexibility index (Phi) is 7.19. The topological polar surface area (TPSA) is 111 Å². The molecule has 0 aliphatic heterocycles. The number of nitrogens with two attached hydrogens (primary N) is 2. The average molecular weight is 400 g/mol. The number of carbonyl (C=O) groups excluding carboxylic acids is 2. The lowest BCUT2D eigenvalue weighted by Crippen LogP contribution is -2.49. The molecule has 0 saturated carbocycles. The Bertz CT molecular complexity index is 896. The number of ether oxygens (including phenoxy) is 2. The Balaban J connectivity index is 2.30. The highest BCUT2D eigenvalue weighted by atomic mass is 16.5. The first-order valence-electron chi connectivity index (χ1n) is 9.18. The number of methoxy groups -OCH3 is 1. The minimum absolute atomic E-state index is 0.0777. The van der Waals surface area contributed by atoms with E-state index in [0.717, 1.165) is 15.6 Å². The molecule has 0 atom stereocenters. The summed E-state index contributed by atoms with van der Waals surface area (Å²) in [6.07, 6.45) is 0. The maximum absolute atomic E-state index is 12.2. The Morgan fingerprint density at radius 2 is 1.79 bits per heavy atom. The van der Waals surface area contributed by atoms with E-state index in [1.807, 2.05) is 26.8 Å². The number of urea groups is 1. The summed E-state index contributed by atoms with van der Waals surface area (Å²) in [6, 6.07) is 9.88. The molecule has 0 saturated heterocycles. The van der Waals surface area contributed by atoms with Crippen LogP contribution in [0.4, 0.5) is 10.5 Å². The number of aryl methyl sites for hydroxylation is 1. The first-order valence-corrected chi connectivity index (χ1v) is 9.18. The summed E-state index contributed by atoms with van der Waals surface area (Å²) in [5, 5.41) is 1.83. The Labute approximate surface area is 170 Å². The van der Waals surface area contributed by atoms with Gasteiger partial charge in [0, 0.05) is 18.5 Å². The lowest BCUT2D eigenvalue weighted by Gasteiger charge is -2.24. The number of hydrogen-bond donors (Lipinski definition) is 2. The van der Waals surface area contributed by atoms with E-state index in [1.54, 1.807) is 30.3 Å². The largest absolute Gasteiger partial charge is 0.496 e. The maximum atomic E-state index is 12.2. The number of Topliss-reactive ketones (excluding diaryl/α,β-unsaturated/α-hetero) is 1. The second-order valence-corrected chi connectivity index (χ2v) is 7.01. The van der Waals surface area contributed by atoms with Crippen molar-refractivity contribution in [2.75, 3.05) is 19.2 Å². The number of amides is 2. The van der Waals surface area contributed by atoms with Crippen molar-refractivity contribution in [1.82, 2.24) is 5.01 Å². The van der Waals surface area contributed by atoms with Crippen molar-refractivity contribution < 1.29 is 19.1 Å². The van der Waals surface area contributed by atoms with Crippen molar-refractivity contribution in [2.45, 2.75) is 27.4 Å². The quantitative estimate of drug-likeness (QED) is 0.320. The predicted octanol–water partition coefficient (Wildman–Crippen LogP) is 3.03. The van der Waals surface area contributed by atoms with Gasteiger partial charge in [0.15, 0.2) is 5.78 Å². The molecule has 29 heavy (non-hydrogen) atoms. The molecule has 0 aliphatic rings. The number of hydrogen-bond acceptors (Lipinski definition) is 6. The molecule has 2 rings (SSSR count). The van der Waals surface area contributed by atoms with E-state index in [0.29, 0.717) is 28.3 Å². The molecule has 8 nitrogen and oxygen atoms in total. The predicted molar refractivity (Wildman–Crippen MR) is 112 cm³/mol. The van der Waals surface area contributed by atoms with Gasteiger partial charge >= 0.3 is 6.03 Å². The van der Waals surface area contributed by atoms with Gasteiger partial charge in [-0.05, 0) is 42.8 Å². The van der Waals surface area contributed by atoms with E-state index < -0.39 is 6.03 Å². The molecule has 0 fully saturated rings. The van der Waals surface area contributed by atoms with Crippen LogP contribution in [0.1, 0.15) is 35.3 Å². The van der Waals surface area contributed by atoms with Gasteiger partial charge in [0.2, 0.25) is 0 Å². The van der Waals surface area contributed by atoms with Gasteiger partial charge in [-0.15, -0.1) is 0 Å². The SMILES string of the molecule is COc1cccc(N(N)C(=O)N(C)N)c1COc1ccc(C(=O)C(C)C)cc1C. The zero-order chi connectivity index (χ0) is 21.7. The Hall–Kier alpha value is -3.10. The van der Waals surface area contributed by atoms with Gasteiger partial charge in [-0.3, -0.25) is 9.80 Å².